The molecule has 0 aliphatic heterocycles. The van der Waals surface area contributed by atoms with Crippen molar-refractivity contribution < 1.29 is 0 Å². The van der Waals surface area contributed by atoms with Crippen molar-refractivity contribution in [1.82, 2.24) is 4.98 Å². The van der Waals surface area contributed by atoms with Gasteiger partial charge in [-0.15, -0.1) is 11.3 Å². The van der Waals surface area contributed by atoms with Gasteiger partial charge in [0.2, 0.25) is 0 Å². The van der Waals surface area contributed by atoms with Crippen molar-refractivity contribution in [2.75, 3.05) is 0 Å². The number of nitrogens with one attached hydrogen (secondary N) is 1. The largest absolute Gasteiger partial charge is 0.354 e. The maximum Gasteiger partial charge on any atom is 0.0566 e. The first-order chi connectivity index (χ1) is 8.26. The number of fused-ring (bicyclic) bond motifs is 1. The van der Waals surface area contributed by atoms with Gasteiger partial charge in [-0.3, -0.25) is 0 Å². The summed E-state index contributed by atoms with van der Waals surface area (Å²) in [5.41, 5.74) is 3.76. The van der Waals surface area contributed by atoms with E-state index in [1.165, 1.54) is 31.9 Å². The predicted octanol–water partition coefficient (Wildman–Crippen LogP) is 4.77. The summed E-state index contributed by atoms with van der Waals surface area (Å²) in [5, 5.41) is 1.30. The van der Waals surface area contributed by atoms with Gasteiger partial charge in [0.05, 0.1) is 10.6 Å². The van der Waals surface area contributed by atoms with Gasteiger partial charge < -0.3 is 4.98 Å². The standard InChI is InChI=1S/C15H15NS/c1-3-12-5-7-15(17-12)14-9-11-8-10(2)4-6-13(11)16-14/h4-9,16H,3H2,1-2H3. The molecule has 1 N–H and O–H groups in total. The Morgan fingerprint density at radius 3 is 2.76 bits per heavy atom. The molecule has 0 radical (unpaired) electrons. The molecule has 0 saturated heterocycles. The lowest BCUT2D eigenvalue weighted by atomic mass is 10.2. The van der Waals surface area contributed by atoms with Crippen molar-refractivity contribution in [3.05, 3.63) is 46.8 Å². The first-order valence-electron chi connectivity index (χ1n) is 5.94. The highest BCUT2D eigenvalue weighted by Gasteiger charge is 2.05. The first kappa shape index (κ1) is 10.6. The molecule has 0 unspecified atom stereocenters. The van der Waals surface area contributed by atoms with Gasteiger partial charge in [-0.2, -0.15) is 0 Å². The molecule has 0 atom stereocenters. The number of H-pyrrole nitrogens is 1. The van der Waals surface area contributed by atoms with Gasteiger partial charge in [0.25, 0.3) is 0 Å². The van der Waals surface area contributed by atoms with Gasteiger partial charge in [0, 0.05) is 15.8 Å². The highest BCUT2D eigenvalue weighted by Crippen LogP contribution is 2.30. The van der Waals surface area contributed by atoms with Crippen LogP contribution in [-0.2, 0) is 6.42 Å². The van der Waals surface area contributed by atoms with Crippen LogP contribution in [0.25, 0.3) is 21.5 Å². The number of thiophene rings is 1. The third kappa shape index (κ3) is 1.89. The molecule has 0 aliphatic carbocycles. The van der Waals surface area contributed by atoms with E-state index in [2.05, 4.69) is 55.2 Å². The van der Waals surface area contributed by atoms with Gasteiger partial charge in [-0.25, -0.2) is 0 Å². The van der Waals surface area contributed by atoms with E-state index < -0.39 is 0 Å². The third-order valence-corrected chi connectivity index (χ3v) is 4.31. The van der Waals surface area contributed by atoms with E-state index in [0.29, 0.717) is 0 Å². The van der Waals surface area contributed by atoms with Crippen LogP contribution in [0.3, 0.4) is 0 Å². The van der Waals surface area contributed by atoms with Crippen molar-refractivity contribution in [3.8, 4) is 10.6 Å². The van der Waals surface area contributed by atoms with Crippen LogP contribution in [0.4, 0.5) is 0 Å². The van der Waals surface area contributed by atoms with Crippen LogP contribution in [0.2, 0.25) is 0 Å². The minimum absolute atomic E-state index is 1.12. The maximum atomic E-state index is 3.49. The van der Waals surface area contributed by atoms with E-state index in [1.807, 2.05) is 11.3 Å². The Morgan fingerprint density at radius 1 is 1.12 bits per heavy atom. The van der Waals surface area contributed by atoms with Crippen molar-refractivity contribution >= 4 is 22.2 Å². The first-order valence-corrected chi connectivity index (χ1v) is 6.76. The minimum Gasteiger partial charge on any atom is -0.354 e. The second-order valence-electron chi connectivity index (χ2n) is 4.39. The van der Waals surface area contributed by atoms with E-state index in [0.717, 1.165) is 6.42 Å². The number of aromatic nitrogens is 1. The van der Waals surface area contributed by atoms with Crippen LogP contribution in [0.1, 0.15) is 17.4 Å². The fourth-order valence-electron chi connectivity index (χ4n) is 2.10. The molecule has 1 nitrogen and oxygen atoms in total. The van der Waals surface area contributed by atoms with Gasteiger partial charge >= 0.3 is 0 Å². The molecule has 0 spiro atoms. The van der Waals surface area contributed by atoms with Crippen LogP contribution < -0.4 is 0 Å². The molecule has 0 bridgehead atoms. The van der Waals surface area contributed by atoms with Crippen LogP contribution in [0.15, 0.2) is 36.4 Å². The third-order valence-electron chi connectivity index (χ3n) is 3.05. The minimum atomic E-state index is 1.12. The zero-order valence-corrected chi connectivity index (χ0v) is 10.9. The molecule has 2 heteroatoms. The van der Waals surface area contributed by atoms with Crippen LogP contribution >= 0.6 is 11.3 Å². The summed E-state index contributed by atoms with van der Waals surface area (Å²) in [6.07, 6.45) is 1.12. The van der Waals surface area contributed by atoms with E-state index in [1.54, 1.807) is 0 Å². The molecule has 0 fully saturated rings. The fourth-order valence-corrected chi connectivity index (χ4v) is 3.02. The SMILES string of the molecule is CCc1ccc(-c2cc3cc(C)ccc3[nH]2)s1. The molecular weight excluding hydrogens is 226 g/mol. The number of rotatable bonds is 2. The zero-order chi connectivity index (χ0) is 11.8. The van der Waals surface area contributed by atoms with E-state index >= 15 is 0 Å². The highest BCUT2D eigenvalue weighted by atomic mass is 32.1. The quantitative estimate of drug-likeness (QED) is 0.665. The average Bonchev–Trinajstić information content (AvgIpc) is 2.93. The molecule has 1 aromatic carbocycles. The smallest absolute Gasteiger partial charge is 0.0566 e. The van der Waals surface area contributed by atoms with Crippen LogP contribution in [-0.4, -0.2) is 4.98 Å². The van der Waals surface area contributed by atoms with Crippen molar-refractivity contribution in [1.29, 1.82) is 0 Å². The number of hydrogen-bond acceptors (Lipinski definition) is 1. The van der Waals surface area contributed by atoms with Crippen molar-refractivity contribution in [2.24, 2.45) is 0 Å². The molecule has 0 amide bonds. The van der Waals surface area contributed by atoms with Gasteiger partial charge in [0.1, 0.15) is 0 Å². The number of hydrogen-bond donors (Lipinski definition) is 1. The average molecular weight is 241 g/mol. The number of aryl methyl sites for hydroxylation is 2. The van der Waals surface area contributed by atoms with Crippen LogP contribution in [0.5, 0.6) is 0 Å². The normalized spacial score (nSPS) is 11.2. The Hall–Kier alpha value is -1.54. The molecule has 3 rings (SSSR count). The molecule has 2 aromatic heterocycles. The Labute approximate surface area is 105 Å². The molecule has 2 heterocycles. The van der Waals surface area contributed by atoms with E-state index in [4.69, 9.17) is 0 Å². The fraction of sp³-hybridized carbons (Fsp3) is 0.200. The summed E-state index contributed by atoms with van der Waals surface area (Å²) in [6, 6.07) is 13.2. The molecule has 0 saturated carbocycles. The Balaban J connectivity index is 2.11. The second kappa shape index (κ2) is 4.04. The van der Waals surface area contributed by atoms with Gasteiger partial charge in [-0.05, 0) is 43.7 Å². The summed E-state index contributed by atoms with van der Waals surface area (Å²) in [5.74, 6) is 0. The van der Waals surface area contributed by atoms with Crippen molar-refractivity contribution in [3.63, 3.8) is 0 Å². The van der Waals surface area contributed by atoms with Crippen LogP contribution in [0, 0.1) is 6.92 Å². The van der Waals surface area contributed by atoms with E-state index in [9.17, 15) is 0 Å². The summed E-state index contributed by atoms with van der Waals surface area (Å²) >= 11 is 1.87. The zero-order valence-electron chi connectivity index (χ0n) is 10.1. The van der Waals surface area contributed by atoms with E-state index in [-0.39, 0.29) is 0 Å². The maximum absolute atomic E-state index is 3.49. The lowest BCUT2D eigenvalue weighted by Gasteiger charge is -1.91. The van der Waals surface area contributed by atoms with Gasteiger partial charge in [0.15, 0.2) is 0 Å². The Kier molecular flexibility index (Phi) is 2.52. The van der Waals surface area contributed by atoms with Gasteiger partial charge in [-0.1, -0.05) is 18.6 Å². The molecule has 0 aliphatic rings. The summed E-state index contributed by atoms with van der Waals surface area (Å²) in [6.45, 7) is 4.33. The number of aromatic amines is 1. The Morgan fingerprint density at radius 2 is 2.00 bits per heavy atom. The number of benzene rings is 1. The predicted molar refractivity (Wildman–Crippen MR) is 75.7 cm³/mol. The monoisotopic (exact) mass is 241 g/mol. The summed E-state index contributed by atoms with van der Waals surface area (Å²) in [7, 11) is 0. The topological polar surface area (TPSA) is 15.8 Å². The summed E-state index contributed by atoms with van der Waals surface area (Å²) in [4.78, 5) is 6.26. The Bertz CT molecular complexity index is 660. The highest BCUT2D eigenvalue weighted by molar-refractivity contribution is 7.15. The lowest BCUT2D eigenvalue weighted by molar-refractivity contribution is 1.19. The second-order valence-corrected chi connectivity index (χ2v) is 5.56. The molecular formula is C15H15NS. The lowest BCUT2D eigenvalue weighted by Crippen LogP contribution is -1.71. The summed E-state index contributed by atoms with van der Waals surface area (Å²) < 4.78 is 0. The molecule has 17 heavy (non-hydrogen) atoms. The molecule has 86 valence electrons. The van der Waals surface area contributed by atoms with Crippen molar-refractivity contribution in [2.45, 2.75) is 20.3 Å². The molecule has 3 aromatic rings.